The number of carbonyl (C=O) groups excluding carboxylic acids is 1. The second kappa shape index (κ2) is 7.30. The molecule has 1 saturated heterocycles. The summed E-state index contributed by atoms with van der Waals surface area (Å²) in [5.41, 5.74) is 0. The zero-order valence-corrected chi connectivity index (χ0v) is 15.0. The number of nitrogens with one attached hydrogen (secondary N) is 2. The highest BCUT2D eigenvalue weighted by atomic mass is 32.2. The van der Waals surface area contributed by atoms with Crippen LogP contribution in [-0.4, -0.2) is 68.4 Å². The Labute approximate surface area is 133 Å². The van der Waals surface area contributed by atoms with E-state index in [1.165, 1.54) is 0 Å². The minimum atomic E-state index is -3.07. The molecule has 0 bridgehead atoms. The summed E-state index contributed by atoms with van der Waals surface area (Å²) in [4.78, 5) is 17.7. The Morgan fingerprint density at radius 2 is 2.00 bits per heavy atom. The van der Waals surface area contributed by atoms with Gasteiger partial charge in [-0.05, 0) is 27.7 Å². The van der Waals surface area contributed by atoms with E-state index in [0.29, 0.717) is 32.0 Å². The third-order valence-electron chi connectivity index (χ3n) is 3.64. The van der Waals surface area contributed by atoms with Gasteiger partial charge in [0.05, 0.1) is 10.5 Å². The number of amides is 1. The number of hydrogen-bond acceptors (Lipinski definition) is 4. The van der Waals surface area contributed by atoms with Crippen LogP contribution in [0.3, 0.4) is 0 Å². The van der Waals surface area contributed by atoms with Crippen molar-refractivity contribution in [3.05, 3.63) is 0 Å². The molecule has 1 heterocycles. The number of hydrogen-bond donors (Lipinski definition) is 2. The van der Waals surface area contributed by atoms with Crippen molar-refractivity contribution in [1.29, 1.82) is 0 Å². The van der Waals surface area contributed by atoms with Crippen LogP contribution in [0, 0.1) is 0 Å². The number of rotatable bonds is 4. The summed E-state index contributed by atoms with van der Waals surface area (Å²) in [5, 5.41) is 5.95. The molecule has 0 atom stereocenters. The quantitative estimate of drug-likeness (QED) is 0.558. The SMILES string of the molecule is CN=C(NCCC(=O)NC(C)C)N1CCS(=O)(=O)C(C)(C)C1. The molecule has 128 valence electrons. The van der Waals surface area contributed by atoms with Crippen molar-refractivity contribution in [3.63, 3.8) is 0 Å². The standard InChI is InChI=1S/C14H28N4O3S/c1-11(2)17-12(19)6-7-16-13(15-5)18-8-9-22(20,21)14(3,4)10-18/h11H,6-10H2,1-5H3,(H,15,16)(H,17,19). The van der Waals surface area contributed by atoms with E-state index in [1.54, 1.807) is 20.9 Å². The lowest BCUT2D eigenvalue weighted by atomic mass is 10.2. The van der Waals surface area contributed by atoms with Crippen molar-refractivity contribution < 1.29 is 13.2 Å². The summed E-state index contributed by atoms with van der Waals surface area (Å²) < 4.78 is 23.3. The lowest BCUT2D eigenvalue weighted by Gasteiger charge is -2.39. The summed E-state index contributed by atoms with van der Waals surface area (Å²) in [5.74, 6) is 0.744. The van der Waals surface area contributed by atoms with Crippen LogP contribution < -0.4 is 10.6 Å². The number of nitrogens with zero attached hydrogens (tertiary/aromatic N) is 2. The fourth-order valence-corrected chi connectivity index (χ4v) is 3.70. The number of aliphatic imine (C=N–C) groups is 1. The van der Waals surface area contributed by atoms with Gasteiger partial charge in [0, 0.05) is 39.1 Å². The third kappa shape index (κ3) is 4.86. The van der Waals surface area contributed by atoms with E-state index in [0.717, 1.165) is 0 Å². The molecule has 7 nitrogen and oxygen atoms in total. The molecule has 0 aromatic carbocycles. The van der Waals surface area contributed by atoms with Gasteiger partial charge in [0.15, 0.2) is 15.8 Å². The van der Waals surface area contributed by atoms with Gasteiger partial charge in [0.25, 0.3) is 0 Å². The summed E-state index contributed by atoms with van der Waals surface area (Å²) in [6.07, 6.45) is 0.354. The van der Waals surface area contributed by atoms with E-state index in [4.69, 9.17) is 0 Å². The molecule has 0 aromatic heterocycles. The average Bonchev–Trinajstić information content (AvgIpc) is 2.37. The van der Waals surface area contributed by atoms with Crippen molar-refractivity contribution in [2.75, 3.05) is 32.4 Å². The predicted octanol–water partition coefficient (Wildman–Crippen LogP) is -0.0145. The zero-order chi connectivity index (χ0) is 17.0. The number of sulfone groups is 1. The molecule has 1 rings (SSSR count). The number of carbonyl (C=O) groups is 1. The topological polar surface area (TPSA) is 90.9 Å². The smallest absolute Gasteiger partial charge is 0.221 e. The molecule has 1 aliphatic rings. The second-order valence-electron chi connectivity index (χ2n) is 6.45. The fourth-order valence-electron chi connectivity index (χ4n) is 2.34. The van der Waals surface area contributed by atoms with Gasteiger partial charge in [-0.2, -0.15) is 0 Å². The molecule has 2 N–H and O–H groups in total. The van der Waals surface area contributed by atoms with Crippen LogP contribution in [0.15, 0.2) is 4.99 Å². The Bertz CT molecular complexity index is 526. The minimum absolute atomic E-state index is 0.0143. The van der Waals surface area contributed by atoms with E-state index in [1.807, 2.05) is 18.7 Å². The Morgan fingerprint density at radius 3 is 2.50 bits per heavy atom. The molecule has 0 unspecified atom stereocenters. The fraction of sp³-hybridized carbons (Fsp3) is 0.857. The molecule has 0 radical (unpaired) electrons. The van der Waals surface area contributed by atoms with Crippen molar-refractivity contribution >= 4 is 21.7 Å². The highest BCUT2D eigenvalue weighted by molar-refractivity contribution is 7.92. The van der Waals surface area contributed by atoms with Crippen molar-refractivity contribution in [2.45, 2.75) is 44.9 Å². The normalized spacial score (nSPS) is 20.8. The van der Waals surface area contributed by atoms with Crippen LogP contribution in [-0.2, 0) is 14.6 Å². The molecule has 1 amide bonds. The second-order valence-corrected chi connectivity index (χ2v) is 9.19. The maximum Gasteiger partial charge on any atom is 0.221 e. The lowest BCUT2D eigenvalue weighted by Crippen LogP contribution is -2.57. The van der Waals surface area contributed by atoms with Crippen LogP contribution in [0.25, 0.3) is 0 Å². The van der Waals surface area contributed by atoms with Gasteiger partial charge in [-0.3, -0.25) is 9.79 Å². The molecule has 1 fully saturated rings. The molecule has 1 aliphatic heterocycles. The first-order valence-electron chi connectivity index (χ1n) is 7.56. The highest BCUT2D eigenvalue weighted by Crippen LogP contribution is 2.23. The lowest BCUT2D eigenvalue weighted by molar-refractivity contribution is -0.121. The Morgan fingerprint density at radius 1 is 1.36 bits per heavy atom. The van der Waals surface area contributed by atoms with Crippen molar-refractivity contribution in [1.82, 2.24) is 15.5 Å². The summed E-state index contributed by atoms with van der Waals surface area (Å²) in [6.45, 7) is 8.59. The van der Waals surface area contributed by atoms with Gasteiger partial charge in [-0.1, -0.05) is 0 Å². The Hall–Kier alpha value is -1.31. The molecular weight excluding hydrogens is 304 g/mol. The first-order chi connectivity index (χ1) is 10.1. The maximum absolute atomic E-state index is 12.0. The first kappa shape index (κ1) is 18.7. The Kier molecular flexibility index (Phi) is 6.22. The third-order valence-corrected chi connectivity index (χ3v) is 6.17. The zero-order valence-electron chi connectivity index (χ0n) is 14.1. The van der Waals surface area contributed by atoms with Crippen LogP contribution in [0.4, 0.5) is 0 Å². The Balaban J connectivity index is 2.55. The summed E-state index contributed by atoms with van der Waals surface area (Å²) in [6, 6.07) is 0.125. The van der Waals surface area contributed by atoms with E-state index >= 15 is 0 Å². The van der Waals surface area contributed by atoms with Crippen LogP contribution in [0.5, 0.6) is 0 Å². The largest absolute Gasteiger partial charge is 0.356 e. The first-order valence-corrected chi connectivity index (χ1v) is 9.21. The summed E-state index contributed by atoms with van der Waals surface area (Å²) in [7, 11) is -1.41. The molecule has 0 saturated carbocycles. The molecule has 22 heavy (non-hydrogen) atoms. The predicted molar refractivity (Wildman–Crippen MR) is 88.7 cm³/mol. The van der Waals surface area contributed by atoms with E-state index in [-0.39, 0.29) is 17.7 Å². The molecule has 0 spiro atoms. The van der Waals surface area contributed by atoms with Gasteiger partial charge in [0.2, 0.25) is 5.91 Å². The van der Waals surface area contributed by atoms with Gasteiger partial charge in [-0.15, -0.1) is 0 Å². The van der Waals surface area contributed by atoms with E-state index in [9.17, 15) is 13.2 Å². The van der Waals surface area contributed by atoms with E-state index in [2.05, 4.69) is 15.6 Å². The average molecular weight is 332 g/mol. The van der Waals surface area contributed by atoms with Gasteiger partial charge in [0.1, 0.15) is 0 Å². The number of guanidine groups is 1. The molecule has 0 aliphatic carbocycles. The monoisotopic (exact) mass is 332 g/mol. The van der Waals surface area contributed by atoms with Crippen molar-refractivity contribution in [2.24, 2.45) is 4.99 Å². The van der Waals surface area contributed by atoms with Crippen LogP contribution in [0.1, 0.15) is 34.1 Å². The van der Waals surface area contributed by atoms with Crippen molar-refractivity contribution in [3.8, 4) is 0 Å². The molecule has 0 aromatic rings. The van der Waals surface area contributed by atoms with Gasteiger partial charge in [-0.25, -0.2) is 8.42 Å². The summed E-state index contributed by atoms with van der Waals surface area (Å²) >= 11 is 0. The maximum atomic E-state index is 12.0. The highest BCUT2D eigenvalue weighted by Gasteiger charge is 2.40. The molecular formula is C14H28N4O3S. The van der Waals surface area contributed by atoms with Crippen LogP contribution >= 0.6 is 0 Å². The van der Waals surface area contributed by atoms with Gasteiger partial charge < -0.3 is 15.5 Å². The van der Waals surface area contributed by atoms with Gasteiger partial charge >= 0.3 is 0 Å². The minimum Gasteiger partial charge on any atom is -0.356 e. The van der Waals surface area contributed by atoms with E-state index < -0.39 is 14.6 Å². The van der Waals surface area contributed by atoms with Crippen LogP contribution in [0.2, 0.25) is 0 Å². The molecule has 8 heteroatoms.